The van der Waals surface area contributed by atoms with Crippen molar-refractivity contribution in [3.63, 3.8) is 0 Å². The number of nitrogens with one attached hydrogen (secondary N) is 1. The van der Waals surface area contributed by atoms with E-state index in [1.165, 1.54) is 11.1 Å². The van der Waals surface area contributed by atoms with Crippen LogP contribution in [0, 0.1) is 0 Å². The lowest BCUT2D eigenvalue weighted by molar-refractivity contribution is -0.671. The Kier molecular flexibility index (Phi) is 9.39. The lowest BCUT2D eigenvalue weighted by Gasteiger charge is -2.14. The molecule has 2 heterocycles. The molecule has 0 amide bonds. The minimum atomic E-state index is -6.00. The van der Waals surface area contributed by atoms with Gasteiger partial charge in [0.1, 0.15) is 12.7 Å². The van der Waals surface area contributed by atoms with E-state index in [-0.39, 0.29) is 6.04 Å². The highest BCUT2D eigenvalue weighted by atomic mass is 35.5. The van der Waals surface area contributed by atoms with Crippen molar-refractivity contribution in [1.82, 2.24) is 9.88 Å². The van der Waals surface area contributed by atoms with E-state index >= 15 is 0 Å². The van der Waals surface area contributed by atoms with E-state index in [1.54, 1.807) is 0 Å². The molecular weight excluding hydrogens is 507 g/mol. The van der Waals surface area contributed by atoms with Crippen LogP contribution in [0.25, 0.3) is 11.0 Å². The fraction of sp³-hybridized carbons (Fsp3) is 0.280. The summed E-state index contributed by atoms with van der Waals surface area (Å²) in [5.41, 5.74) is 6.15. The molecule has 0 aliphatic carbocycles. The van der Waals surface area contributed by atoms with Crippen molar-refractivity contribution in [1.29, 1.82) is 0 Å². The quantitative estimate of drug-likeness (QED) is 0.132. The summed E-state index contributed by atoms with van der Waals surface area (Å²) in [6, 6.07) is 16.6. The van der Waals surface area contributed by atoms with Crippen LogP contribution in [-0.2, 0) is 27.6 Å². The lowest BCUT2D eigenvalue weighted by atomic mass is 10.1. The van der Waals surface area contributed by atoms with Crippen molar-refractivity contribution < 1.29 is 26.4 Å². The molecule has 37 heavy (non-hydrogen) atoms. The monoisotopic (exact) mass is 535 g/mol. The van der Waals surface area contributed by atoms with Crippen LogP contribution in [0.4, 0.5) is 28.6 Å². The van der Waals surface area contributed by atoms with Crippen molar-refractivity contribution in [2.75, 3.05) is 6.54 Å². The predicted molar refractivity (Wildman–Crippen MR) is 138 cm³/mol. The largest absolute Gasteiger partial charge is 0.673 e. The van der Waals surface area contributed by atoms with E-state index in [2.05, 4.69) is 59.1 Å². The van der Waals surface area contributed by atoms with Crippen molar-refractivity contribution in [2.45, 2.75) is 19.4 Å². The molecule has 1 N–H and O–H groups in total. The number of benzene rings is 2. The molecule has 0 saturated carbocycles. The standard InChI is InChI=1S/C25H29ClN6.BF4/c1-18(27-12-9-19-10-13-30(2)14-11-19)20-5-7-22(8-6-20)28-29-23-15-21(26)16-24-25(23)32(4)17-31(24)3;2-1(3,4)5/h5-8,10-11,13-18,27H,9,12H2,1-4H3;/q+2;-1. The molecule has 1 atom stereocenters. The highest BCUT2D eigenvalue weighted by Gasteiger charge is 2.20. The number of hydrogen-bond acceptors (Lipinski definition) is 3. The number of nitrogens with zero attached hydrogens (tertiary/aromatic N) is 5. The van der Waals surface area contributed by atoms with Gasteiger partial charge in [-0.25, -0.2) is 13.7 Å². The summed E-state index contributed by atoms with van der Waals surface area (Å²) in [4.78, 5) is 0. The summed E-state index contributed by atoms with van der Waals surface area (Å²) >= 11 is 6.30. The highest BCUT2D eigenvalue weighted by molar-refractivity contribution is 6.50. The van der Waals surface area contributed by atoms with Crippen molar-refractivity contribution in [2.24, 2.45) is 31.4 Å². The van der Waals surface area contributed by atoms with Crippen LogP contribution in [0.1, 0.15) is 24.1 Å². The second-order valence-corrected chi connectivity index (χ2v) is 9.15. The van der Waals surface area contributed by atoms with Gasteiger partial charge >= 0.3 is 7.25 Å². The molecule has 0 aliphatic rings. The summed E-state index contributed by atoms with van der Waals surface area (Å²) < 4.78 is 45.1. The van der Waals surface area contributed by atoms with Gasteiger partial charge in [0, 0.05) is 29.3 Å². The van der Waals surface area contributed by atoms with Gasteiger partial charge in [-0.05, 0) is 49.2 Å². The van der Waals surface area contributed by atoms with E-state index in [0.717, 1.165) is 35.4 Å². The van der Waals surface area contributed by atoms with Gasteiger partial charge in [0.05, 0.1) is 19.8 Å². The zero-order valence-corrected chi connectivity index (χ0v) is 21.8. The Balaban J connectivity index is 0.000000695. The lowest BCUT2D eigenvalue weighted by Crippen LogP contribution is -2.26. The minimum absolute atomic E-state index is 0.261. The SMILES string of the molecule is CC(NCCc1cc[n+](C)cc1)c1ccc(N=Nc2cc(Cl)cc3c2n(C)c[n+]3C)cc1.F[B-](F)(F)F. The van der Waals surface area contributed by atoms with Gasteiger partial charge in [0.25, 0.3) is 0 Å². The maximum Gasteiger partial charge on any atom is 0.673 e. The molecule has 0 spiro atoms. The molecule has 12 heteroatoms. The molecule has 6 nitrogen and oxygen atoms in total. The predicted octanol–water partition coefficient (Wildman–Crippen LogP) is 6.09. The van der Waals surface area contributed by atoms with Gasteiger partial charge in [0.15, 0.2) is 17.9 Å². The molecule has 2 aromatic heterocycles. The average Bonchev–Trinajstić information content (AvgIpc) is 3.11. The van der Waals surface area contributed by atoms with Crippen LogP contribution in [-0.4, -0.2) is 18.4 Å². The number of pyridine rings is 1. The minimum Gasteiger partial charge on any atom is -0.418 e. The molecule has 4 rings (SSSR count). The first-order valence-corrected chi connectivity index (χ1v) is 12.0. The number of azo groups is 1. The van der Waals surface area contributed by atoms with Crippen molar-refractivity contribution >= 4 is 41.3 Å². The Bertz CT molecular complexity index is 1350. The summed E-state index contributed by atoms with van der Waals surface area (Å²) in [6.45, 7) is 3.11. The van der Waals surface area contributed by atoms with Crippen LogP contribution in [0.2, 0.25) is 5.02 Å². The molecule has 2 aromatic carbocycles. The highest BCUT2D eigenvalue weighted by Crippen LogP contribution is 2.30. The molecule has 196 valence electrons. The van der Waals surface area contributed by atoms with Gasteiger partial charge in [-0.3, -0.25) is 0 Å². The molecule has 1 unspecified atom stereocenters. The van der Waals surface area contributed by atoms with E-state index < -0.39 is 7.25 Å². The number of aromatic nitrogens is 3. The third-order valence-electron chi connectivity index (χ3n) is 5.69. The van der Waals surface area contributed by atoms with Crippen LogP contribution in [0.3, 0.4) is 0 Å². The Labute approximate surface area is 218 Å². The second kappa shape index (κ2) is 12.3. The van der Waals surface area contributed by atoms with Gasteiger partial charge in [-0.2, -0.15) is 5.11 Å². The fourth-order valence-corrected chi connectivity index (χ4v) is 4.05. The average molecular weight is 536 g/mol. The number of rotatable bonds is 7. The Hall–Kier alpha value is -3.31. The number of fused-ring (bicyclic) bond motifs is 1. The summed E-state index contributed by atoms with van der Waals surface area (Å²) in [5.74, 6) is 0. The number of hydrogen-bond donors (Lipinski definition) is 1. The van der Waals surface area contributed by atoms with E-state index in [1.807, 2.05) is 65.4 Å². The maximum atomic E-state index is 9.75. The molecule has 4 aromatic rings. The van der Waals surface area contributed by atoms with Crippen LogP contribution in [0.5, 0.6) is 0 Å². The summed E-state index contributed by atoms with van der Waals surface area (Å²) in [6.07, 6.45) is 7.17. The summed E-state index contributed by atoms with van der Waals surface area (Å²) in [7, 11) is 0.0220. The van der Waals surface area contributed by atoms with Gasteiger partial charge in [-0.15, -0.1) is 5.11 Å². The van der Waals surface area contributed by atoms with Gasteiger partial charge < -0.3 is 22.6 Å². The van der Waals surface area contributed by atoms with Crippen molar-refractivity contribution in [3.05, 3.63) is 83.4 Å². The Morgan fingerprint density at radius 3 is 2.24 bits per heavy atom. The Morgan fingerprint density at radius 1 is 1.00 bits per heavy atom. The third kappa shape index (κ3) is 8.64. The number of aryl methyl sites for hydroxylation is 3. The van der Waals surface area contributed by atoms with Crippen LogP contribution >= 0.6 is 11.6 Å². The fourth-order valence-electron chi connectivity index (χ4n) is 3.85. The van der Waals surface area contributed by atoms with Gasteiger partial charge in [-0.1, -0.05) is 23.7 Å². The first kappa shape index (κ1) is 28.3. The number of halogens is 5. The molecule has 0 fully saturated rings. The molecule has 0 aliphatic heterocycles. The van der Waals surface area contributed by atoms with Crippen molar-refractivity contribution in [3.8, 4) is 0 Å². The maximum absolute atomic E-state index is 9.75. The zero-order valence-electron chi connectivity index (χ0n) is 21.0. The first-order chi connectivity index (χ1) is 17.4. The summed E-state index contributed by atoms with van der Waals surface area (Å²) in [5, 5.41) is 13.2. The number of imidazole rings is 1. The van der Waals surface area contributed by atoms with E-state index in [4.69, 9.17) is 11.6 Å². The molecule has 0 radical (unpaired) electrons. The first-order valence-electron chi connectivity index (χ1n) is 11.6. The van der Waals surface area contributed by atoms with E-state index in [9.17, 15) is 17.3 Å². The normalized spacial score (nSPS) is 12.6. The van der Waals surface area contributed by atoms with Crippen LogP contribution < -0.4 is 14.5 Å². The van der Waals surface area contributed by atoms with E-state index in [0.29, 0.717) is 5.02 Å². The zero-order chi connectivity index (χ0) is 27.2. The second-order valence-electron chi connectivity index (χ2n) is 8.71. The smallest absolute Gasteiger partial charge is 0.418 e. The Morgan fingerprint density at radius 2 is 1.62 bits per heavy atom. The van der Waals surface area contributed by atoms with Gasteiger partial charge in [0.2, 0.25) is 11.8 Å². The third-order valence-corrected chi connectivity index (χ3v) is 5.91. The molecular formula is C25H29BClF4N6+. The topological polar surface area (TPSA) is 49.4 Å². The van der Waals surface area contributed by atoms with Crippen LogP contribution in [0.15, 0.2) is 77.5 Å². The molecule has 0 saturated heterocycles. The molecule has 0 bridgehead atoms.